The van der Waals surface area contributed by atoms with E-state index < -0.39 is 11.9 Å². The minimum absolute atomic E-state index is 0.0144. The summed E-state index contributed by atoms with van der Waals surface area (Å²) in [6.07, 6.45) is 2.57. The molecule has 0 aromatic heterocycles. The third-order valence-corrected chi connectivity index (χ3v) is 4.15. The lowest BCUT2D eigenvalue weighted by molar-refractivity contribution is -0.138. The van der Waals surface area contributed by atoms with E-state index in [1.807, 2.05) is 18.2 Å². The molecule has 1 amide bonds. The van der Waals surface area contributed by atoms with Gasteiger partial charge in [-0.3, -0.25) is 9.59 Å². The number of amides is 1. The third-order valence-electron chi connectivity index (χ3n) is 4.15. The van der Waals surface area contributed by atoms with Crippen LogP contribution in [0.15, 0.2) is 24.3 Å². The summed E-state index contributed by atoms with van der Waals surface area (Å²) in [7, 11) is 0. The lowest BCUT2D eigenvalue weighted by Crippen LogP contribution is -2.36. The topological polar surface area (TPSA) is 69.6 Å². The SMILES string of the molecule is O=C(O)C1CN(C(=O)CC2CCCN2)c2ccccc21. The Morgan fingerprint density at radius 2 is 2.15 bits per heavy atom. The number of fused-ring (bicyclic) bond motifs is 1. The van der Waals surface area contributed by atoms with E-state index in [4.69, 9.17) is 0 Å². The number of carbonyl (C=O) groups is 2. The number of anilines is 1. The molecular weight excluding hydrogens is 256 g/mol. The van der Waals surface area contributed by atoms with Crippen molar-refractivity contribution in [2.75, 3.05) is 18.0 Å². The maximum Gasteiger partial charge on any atom is 0.312 e. The second kappa shape index (κ2) is 5.25. The summed E-state index contributed by atoms with van der Waals surface area (Å²) in [5, 5.41) is 12.6. The van der Waals surface area contributed by atoms with Crippen LogP contribution in [0.4, 0.5) is 5.69 Å². The number of nitrogens with zero attached hydrogens (tertiary/aromatic N) is 1. The molecule has 106 valence electrons. The fourth-order valence-electron chi connectivity index (χ4n) is 3.11. The second-order valence-electron chi connectivity index (χ2n) is 5.45. The van der Waals surface area contributed by atoms with Crippen molar-refractivity contribution in [1.29, 1.82) is 0 Å². The molecule has 0 aliphatic carbocycles. The summed E-state index contributed by atoms with van der Waals surface area (Å²) >= 11 is 0. The molecule has 20 heavy (non-hydrogen) atoms. The molecule has 1 fully saturated rings. The molecule has 2 atom stereocenters. The first kappa shape index (κ1) is 13.1. The number of benzene rings is 1. The smallest absolute Gasteiger partial charge is 0.312 e. The van der Waals surface area contributed by atoms with Crippen LogP contribution in [0.3, 0.4) is 0 Å². The number of para-hydroxylation sites is 1. The predicted octanol–water partition coefficient (Wildman–Crippen LogP) is 1.34. The van der Waals surface area contributed by atoms with Crippen molar-refractivity contribution >= 4 is 17.6 Å². The normalized spacial score (nSPS) is 24.7. The van der Waals surface area contributed by atoms with E-state index >= 15 is 0 Å². The highest BCUT2D eigenvalue weighted by Gasteiger charge is 2.36. The first-order valence-corrected chi connectivity index (χ1v) is 7.02. The minimum atomic E-state index is -0.869. The van der Waals surface area contributed by atoms with Gasteiger partial charge in [0.2, 0.25) is 5.91 Å². The molecule has 2 aliphatic heterocycles. The number of hydrogen-bond donors (Lipinski definition) is 2. The van der Waals surface area contributed by atoms with Crippen LogP contribution in [-0.2, 0) is 9.59 Å². The molecule has 2 aliphatic rings. The number of rotatable bonds is 3. The zero-order valence-corrected chi connectivity index (χ0v) is 11.2. The van der Waals surface area contributed by atoms with Gasteiger partial charge in [0.15, 0.2) is 0 Å². The number of hydrogen-bond acceptors (Lipinski definition) is 3. The quantitative estimate of drug-likeness (QED) is 0.872. The highest BCUT2D eigenvalue weighted by atomic mass is 16.4. The van der Waals surface area contributed by atoms with Gasteiger partial charge in [-0.05, 0) is 31.0 Å². The first-order chi connectivity index (χ1) is 9.66. The summed E-state index contributed by atoms with van der Waals surface area (Å²) in [4.78, 5) is 25.4. The van der Waals surface area contributed by atoms with Crippen LogP contribution in [0.5, 0.6) is 0 Å². The maximum atomic E-state index is 12.4. The van der Waals surface area contributed by atoms with Gasteiger partial charge in [-0.1, -0.05) is 18.2 Å². The van der Waals surface area contributed by atoms with Gasteiger partial charge in [0.05, 0.1) is 0 Å². The van der Waals surface area contributed by atoms with Crippen molar-refractivity contribution < 1.29 is 14.7 Å². The molecule has 1 aromatic rings. The Balaban J connectivity index is 1.80. The Kier molecular flexibility index (Phi) is 3.44. The average molecular weight is 274 g/mol. The van der Waals surface area contributed by atoms with Crippen molar-refractivity contribution in [3.63, 3.8) is 0 Å². The molecule has 2 unspecified atom stereocenters. The van der Waals surface area contributed by atoms with Gasteiger partial charge in [0, 0.05) is 24.7 Å². The van der Waals surface area contributed by atoms with Crippen LogP contribution in [-0.4, -0.2) is 36.1 Å². The van der Waals surface area contributed by atoms with Crippen LogP contribution in [0.2, 0.25) is 0 Å². The van der Waals surface area contributed by atoms with Crippen LogP contribution in [0, 0.1) is 0 Å². The number of carboxylic acids is 1. The zero-order chi connectivity index (χ0) is 14.1. The minimum Gasteiger partial charge on any atom is -0.481 e. The Bertz CT molecular complexity index is 538. The van der Waals surface area contributed by atoms with E-state index in [0.717, 1.165) is 30.6 Å². The molecule has 1 aromatic carbocycles. The summed E-state index contributed by atoms with van der Waals surface area (Å²) < 4.78 is 0. The van der Waals surface area contributed by atoms with E-state index in [1.165, 1.54) is 0 Å². The van der Waals surface area contributed by atoms with Crippen molar-refractivity contribution in [3.8, 4) is 0 Å². The number of carboxylic acid groups (broad SMARTS) is 1. The molecule has 0 bridgehead atoms. The Morgan fingerprint density at radius 1 is 1.35 bits per heavy atom. The lowest BCUT2D eigenvalue weighted by Gasteiger charge is -2.19. The van der Waals surface area contributed by atoms with Crippen LogP contribution in [0.1, 0.15) is 30.7 Å². The standard InChI is InChI=1S/C15H18N2O3/c18-14(8-10-4-3-7-16-10)17-9-12(15(19)20)11-5-1-2-6-13(11)17/h1-2,5-6,10,12,16H,3-4,7-9H2,(H,19,20). The third kappa shape index (κ3) is 2.29. The number of carbonyl (C=O) groups excluding carboxylic acids is 1. The van der Waals surface area contributed by atoms with Gasteiger partial charge in [-0.2, -0.15) is 0 Å². The Morgan fingerprint density at radius 3 is 2.85 bits per heavy atom. The molecular formula is C15H18N2O3. The maximum absolute atomic E-state index is 12.4. The second-order valence-corrected chi connectivity index (χ2v) is 5.45. The molecule has 5 nitrogen and oxygen atoms in total. The van der Waals surface area contributed by atoms with Crippen molar-refractivity contribution in [2.45, 2.75) is 31.2 Å². The fourth-order valence-corrected chi connectivity index (χ4v) is 3.11. The van der Waals surface area contributed by atoms with E-state index in [1.54, 1.807) is 11.0 Å². The molecule has 3 rings (SSSR count). The van der Waals surface area contributed by atoms with Gasteiger partial charge in [-0.15, -0.1) is 0 Å². The van der Waals surface area contributed by atoms with Crippen LogP contribution >= 0.6 is 0 Å². The zero-order valence-electron chi connectivity index (χ0n) is 11.2. The van der Waals surface area contributed by atoms with Gasteiger partial charge in [-0.25, -0.2) is 0 Å². The largest absolute Gasteiger partial charge is 0.481 e. The van der Waals surface area contributed by atoms with Gasteiger partial charge >= 0.3 is 5.97 Å². The summed E-state index contributed by atoms with van der Waals surface area (Å²) in [5.41, 5.74) is 1.50. The molecule has 0 radical (unpaired) electrons. The molecule has 1 saturated heterocycles. The Hall–Kier alpha value is -1.88. The lowest BCUT2D eigenvalue weighted by atomic mass is 10.0. The van der Waals surface area contributed by atoms with Gasteiger partial charge < -0.3 is 15.3 Å². The van der Waals surface area contributed by atoms with E-state index in [0.29, 0.717) is 6.42 Å². The monoisotopic (exact) mass is 274 g/mol. The summed E-state index contributed by atoms with van der Waals surface area (Å²) in [6, 6.07) is 7.53. The number of aliphatic carboxylic acids is 1. The molecule has 0 saturated carbocycles. The van der Waals surface area contributed by atoms with E-state index in [-0.39, 0.29) is 18.5 Å². The summed E-state index contributed by atoms with van der Waals surface area (Å²) in [5.74, 6) is -1.46. The van der Waals surface area contributed by atoms with Crippen molar-refractivity contribution in [2.24, 2.45) is 0 Å². The highest BCUT2D eigenvalue weighted by molar-refractivity contribution is 5.99. The van der Waals surface area contributed by atoms with Gasteiger partial charge in [0.25, 0.3) is 0 Å². The number of nitrogens with one attached hydrogen (secondary N) is 1. The van der Waals surface area contributed by atoms with Crippen LogP contribution in [0.25, 0.3) is 0 Å². The van der Waals surface area contributed by atoms with Crippen LogP contribution < -0.4 is 10.2 Å². The predicted molar refractivity (Wildman–Crippen MR) is 74.8 cm³/mol. The van der Waals surface area contributed by atoms with E-state index in [2.05, 4.69) is 5.32 Å². The molecule has 2 N–H and O–H groups in total. The Labute approximate surface area is 117 Å². The van der Waals surface area contributed by atoms with Crippen molar-refractivity contribution in [1.82, 2.24) is 5.32 Å². The van der Waals surface area contributed by atoms with Crippen molar-refractivity contribution in [3.05, 3.63) is 29.8 Å². The highest BCUT2D eigenvalue weighted by Crippen LogP contribution is 2.36. The van der Waals surface area contributed by atoms with E-state index in [9.17, 15) is 14.7 Å². The molecule has 2 heterocycles. The molecule has 5 heteroatoms. The molecule has 0 spiro atoms. The average Bonchev–Trinajstić information content (AvgIpc) is 3.05. The fraction of sp³-hybridized carbons (Fsp3) is 0.467. The first-order valence-electron chi connectivity index (χ1n) is 7.02. The van der Waals surface area contributed by atoms with Gasteiger partial charge in [0.1, 0.15) is 5.92 Å². The summed E-state index contributed by atoms with van der Waals surface area (Å²) in [6.45, 7) is 1.21.